The number of Topliss-reactive ketones (excluding diaryl/α,β-unsaturated/α-hetero) is 1. The van der Waals surface area contributed by atoms with Crippen molar-refractivity contribution >= 4 is 29.3 Å². The molecule has 0 saturated heterocycles. The zero-order chi connectivity index (χ0) is 20.3. The SMILES string of the molecule is Cc1nn(C)c(C)c1C(=O)C(=O)OCC(=O)N(C)Cc1c(F)cccc1Cl. The van der Waals surface area contributed by atoms with E-state index in [0.717, 1.165) is 4.90 Å². The molecule has 1 aromatic carbocycles. The zero-order valence-corrected chi connectivity index (χ0v) is 16.1. The number of ether oxygens (including phenoxy) is 1. The normalized spacial score (nSPS) is 10.6. The van der Waals surface area contributed by atoms with Gasteiger partial charge in [0, 0.05) is 36.9 Å². The molecular weight excluding hydrogens is 377 g/mol. The van der Waals surface area contributed by atoms with E-state index in [0.29, 0.717) is 11.4 Å². The number of aromatic nitrogens is 2. The number of benzene rings is 1. The van der Waals surface area contributed by atoms with Crippen LogP contribution in [0.5, 0.6) is 0 Å². The topological polar surface area (TPSA) is 81.5 Å². The van der Waals surface area contributed by atoms with Crippen molar-refractivity contribution in [2.24, 2.45) is 7.05 Å². The molecule has 0 aliphatic heterocycles. The Morgan fingerprint density at radius 1 is 1.30 bits per heavy atom. The van der Waals surface area contributed by atoms with Crippen molar-refractivity contribution in [3.05, 3.63) is 51.6 Å². The molecule has 0 saturated carbocycles. The first-order chi connectivity index (χ1) is 12.6. The number of hydrogen-bond acceptors (Lipinski definition) is 5. The Labute approximate surface area is 160 Å². The molecule has 7 nitrogen and oxygen atoms in total. The van der Waals surface area contributed by atoms with Crippen LogP contribution < -0.4 is 0 Å². The lowest BCUT2D eigenvalue weighted by molar-refractivity contribution is -0.147. The molecule has 0 unspecified atom stereocenters. The molecule has 0 radical (unpaired) electrons. The molecule has 1 heterocycles. The Morgan fingerprint density at radius 2 is 1.96 bits per heavy atom. The number of ketones is 1. The average Bonchev–Trinajstić information content (AvgIpc) is 2.87. The maximum atomic E-state index is 13.8. The van der Waals surface area contributed by atoms with Crippen molar-refractivity contribution < 1.29 is 23.5 Å². The summed E-state index contributed by atoms with van der Waals surface area (Å²) in [6.45, 7) is 2.50. The van der Waals surface area contributed by atoms with Gasteiger partial charge in [-0.05, 0) is 26.0 Å². The number of carbonyl (C=O) groups excluding carboxylic acids is 3. The molecule has 0 spiro atoms. The smallest absolute Gasteiger partial charge is 0.380 e. The summed E-state index contributed by atoms with van der Waals surface area (Å²) >= 11 is 5.93. The lowest BCUT2D eigenvalue weighted by atomic mass is 10.1. The number of carbonyl (C=O) groups is 3. The van der Waals surface area contributed by atoms with Gasteiger partial charge < -0.3 is 9.64 Å². The van der Waals surface area contributed by atoms with E-state index in [1.807, 2.05) is 0 Å². The van der Waals surface area contributed by atoms with Gasteiger partial charge in [-0.25, -0.2) is 9.18 Å². The van der Waals surface area contributed by atoms with Crippen LogP contribution in [0.25, 0.3) is 0 Å². The van der Waals surface area contributed by atoms with Crippen LogP contribution in [0.4, 0.5) is 4.39 Å². The second kappa shape index (κ2) is 8.30. The highest BCUT2D eigenvalue weighted by molar-refractivity contribution is 6.41. The van der Waals surface area contributed by atoms with Crippen molar-refractivity contribution in [3.8, 4) is 0 Å². The first-order valence-corrected chi connectivity index (χ1v) is 8.39. The molecule has 144 valence electrons. The maximum absolute atomic E-state index is 13.8. The van der Waals surface area contributed by atoms with E-state index in [-0.39, 0.29) is 22.7 Å². The lowest BCUT2D eigenvalue weighted by Crippen LogP contribution is -2.32. The Hall–Kier alpha value is -2.74. The first-order valence-electron chi connectivity index (χ1n) is 8.02. The van der Waals surface area contributed by atoms with Gasteiger partial charge in [0.25, 0.3) is 11.7 Å². The van der Waals surface area contributed by atoms with E-state index in [1.165, 1.54) is 29.9 Å². The summed E-state index contributed by atoms with van der Waals surface area (Å²) in [4.78, 5) is 37.5. The number of aryl methyl sites for hydroxylation is 2. The van der Waals surface area contributed by atoms with Crippen LogP contribution >= 0.6 is 11.6 Å². The highest BCUT2D eigenvalue weighted by Gasteiger charge is 2.26. The van der Waals surface area contributed by atoms with E-state index in [9.17, 15) is 18.8 Å². The number of likely N-dealkylation sites (N-methyl/N-ethyl adjacent to an activating group) is 1. The van der Waals surface area contributed by atoms with Crippen LogP contribution in [0.1, 0.15) is 27.3 Å². The molecule has 0 fully saturated rings. The lowest BCUT2D eigenvalue weighted by Gasteiger charge is -2.18. The van der Waals surface area contributed by atoms with E-state index in [4.69, 9.17) is 16.3 Å². The monoisotopic (exact) mass is 395 g/mol. The number of nitrogens with zero attached hydrogens (tertiary/aromatic N) is 3. The zero-order valence-electron chi connectivity index (χ0n) is 15.4. The molecule has 1 amide bonds. The fourth-order valence-corrected chi connectivity index (χ4v) is 2.74. The molecule has 2 rings (SSSR count). The van der Waals surface area contributed by atoms with Crippen molar-refractivity contribution in [3.63, 3.8) is 0 Å². The number of halogens is 2. The van der Waals surface area contributed by atoms with Gasteiger partial charge in [-0.3, -0.25) is 14.3 Å². The van der Waals surface area contributed by atoms with Crippen LogP contribution in [0.3, 0.4) is 0 Å². The Balaban J connectivity index is 1.98. The van der Waals surface area contributed by atoms with Gasteiger partial charge in [-0.15, -0.1) is 0 Å². The van der Waals surface area contributed by atoms with Crippen LogP contribution in [0, 0.1) is 19.7 Å². The summed E-state index contributed by atoms with van der Waals surface area (Å²) in [6, 6.07) is 4.20. The van der Waals surface area contributed by atoms with E-state index < -0.39 is 30.1 Å². The maximum Gasteiger partial charge on any atom is 0.380 e. The molecule has 0 bridgehead atoms. The number of rotatable bonds is 6. The van der Waals surface area contributed by atoms with Crippen LogP contribution in [-0.2, 0) is 27.9 Å². The fraction of sp³-hybridized carbons (Fsp3) is 0.333. The molecule has 9 heteroatoms. The van der Waals surface area contributed by atoms with E-state index >= 15 is 0 Å². The third-order valence-electron chi connectivity index (χ3n) is 4.13. The molecule has 1 aromatic heterocycles. The van der Waals surface area contributed by atoms with Crippen molar-refractivity contribution in [1.29, 1.82) is 0 Å². The van der Waals surface area contributed by atoms with Gasteiger partial charge in [-0.1, -0.05) is 17.7 Å². The number of esters is 1. The van der Waals surface area contributed by atoms with Gasteiger partial charge >= 0.3 is 5.97 Å². The summed E-state index contributed by atoms with van der Waals surface area (Å²) in [5.41, 5.74) is 1.22. The second-order valence-electron chi connectivity index (χ2n) is 6.02. The summed E-state index contributed by atoms with van der Waals surface area (Å²) in [7, 11) is 3.06. The summed E-state index contributed by atoms with van der Waals surface area (Å²) < 4.78 is 20.1. The fourth-order valence-electron chi connectivity index (χ4n) is 2.52. The highest BCUT2D eigenvalue weighted by atomic mass is 35.5. The first kappa shape index (κ1) is 20.6. The third-order valence-corrected chi connectivity index (χ3v) is 4.49. The Kier molecular flexibility index (Phi) is 6.32. The van der Waals surface area contributed by atoms with Crippen molar-refractivity contribution in [2.45, 2.75) is 20.4 Å². The predicted octanol–water partition coefficient (Wildman–Crippen LogP) is 2.21. The van der Waals surface area contributed by atoms with Crippen molar-refractivity contribution in [1.82, 2.24) is 14.7 Å². The van der Waals surface area contributed by atoms with Gasteiger partial charge in [0.05, 0.1) is 11.3 Å². The average molecular weight is 396 g/mol. The van der Waals surface area contributed by atoms with Crippen molar-refractivity contribution in [2.75, 3.05) is 13.7 Å². The van der Waals surface area contributed by atoms with Gasteiger partial charge in [0.1, 0.15) is 5.82 Å². The largest absolute Gasteiger partial charge is 0.450 e. The summed E-state index contributed by atoms with van der Waals surface area (Å²) in [5.74, 6) is -3.17. The van der Waals surface area contributed by atoms with Crippen LogP contribution in [0.15, 0.2) is 18.2 Å². The number of amides is 1. The number of hydrogen-bond donors (Lipinski definition) is 0. The molecule has 0 N–H and O–H groups in total. The summed E-state index contributed by atoms with van der Waals surface area (Å²) in [5, 5.41) is 4.25. The molecule has 0 aliphatic carbocycles. The van der Waals surface area contributed by atoms with E-state index in [2.05, 4.69) is 5.10 Å². The van der Waals surface area contributed by atoms with Crippen LogP contribution in [0.2, 0.25) is 5.02 Å². The van der Waals surface area contributed by atoms with Gasteiger partial charge in [0.2, 0.25) is 0 Å². The van der Waals surface area contributed by atoms with E-state index in [1.54, 1.807) is 20.9 Å². The second-order valence-corrected chi connectivity index (χ2v) is 6.43. The summed E-state index contributed by atoms with van der Waals surface area (Å²) in [6.07, 6.45) is 0. The molecule has 27 heavy (non-hydrogen) atoms. The Bertz CT molecular complexity index is 890. The Morgan fingerprint density at radius 3 is 2.52 bits per heavy atom. The molecule has 0 aliphatic rings. The van der Waals surface area contributed by atoms with Gasteiger partial charge in [0.15, 0.2) is 6.61 Å². The van der Waals surface area contributed by atoms with Gasteiger partial charge in [-0.2, -0.15) is 5.10 Å². The quantitative estimate of drug-likeness (QED) is 0.425. The highest BCUT2D eigenvalue weighted by Crippen LogP contribution is 2.20. The molecule has 2 aromatic rings. The minimum absolute atomic E-state index is 0.101. The standard InChI is InChI=1S/C18H19ClFN3O4/c1-10-16(11(2)23(4)21-10)17(25)18(26)27-9-15(24)22(3)8-12-13(19)6-5-7-14(12)20/h5-7H,8-9H2,1-4H3. The van der Waals surface area contributed by atoms with Crippen LogP contribution in [-0.4, -0.2) is 46.0 Å². The minimum Gasteiger partial charge on any atom is -0.450 e. The third kappa shape index (κ3) is 4.51. The molecule has 0 atom stereocenters. The minimum atomic E-state index is -1.15. The molecular formula is C18H19ClFN3O4. The predicted molar refractivity (Wildman–Crippen MR) is 95.9 cm³/mol.